The first-order valence-electron chi connectivity index (χ1n) is 46.0. The number of thiophene rings is 7. The Hall–Kier alpha value is -4.70. The number of rotatable bonds is 66. The Morgan fingerprint density at radius 3 is 0.708 bits per heavy atom. The zero-order valence-electron chi connectivity index (χ0n) is 71.8. The lowest BCUT2D eigenvalue weighted by atomic mass is 10.0. The van der Waals surface area contributed by atoms with Crippen LogP contribution in [0.4, 0.5) is 0 Å². The smallest absolute Gasteiger partial charge is 0.348 e. The molecule has 0 saturated heterocycles. The van der Waals surface area contributed by atoms with Gasteiger partial charge in [0.25, 0.3) is 0 Å². The monoisotopic (exact) mass is 1660 g/mol. The summed E-state index contributed by atoms with van der Waals surface area (Å²) in [5, 5.41) is 20.9. The fraction of sp³-hybridized carbons (Fsp3) is 0.640. The van der Waals surface area contributed by atoms with Crippen LogP contribution in [0, 0.1) is 22.7 Å². The molecule has 0 radical (unpaired) electrons. The van der Waals surface area contributed by atoms with Crippen molar-refractivity contribution in [2.24, 2.45) is 0 Å². The van der Waals surface area contributed by atoms with Crippen LogP contribution in [-0.2, 0) is 57.6 Å². The number of nitriles is 2. The highest BCUT2D eigenvalue weighted by Crippen LogP contribution is 2.53. The molecule has 113 heavy (non-hydrogen) atoms. The van der Waals surface area contributed by atoms with Gasteiger partial charge in [-0.1, -0.05) is 312 Å². The zero-order valence-corrected chi connectivity index (χ0v) is 77.5. The van der Waals surface area contributed by atoms with E-state index in [1.165, 1.54) is 349 Å². The second kappa shape index (κ2) is 58.2. The molecular formula is C100H146N2O4S7. The number of ether oxygens (including phenoxy) is 2. The molecule has 0 aromatic carbocycles. The predicted octanol–water partition coefficient (Wildman–Crippen LogP) is 35.2. The van der Waals surface area contributed by atoms with Crippen molar-refractivity contribution in [3.63, 3.8) is 0 Å². The maximum atomic E-state index is 13.6. The summed E-state index contributed by atoms with van der Waals surface area (Å²) < 4.78 is 11.5. The van der Waals surface area contributed by atoms with Gasteiger partial charge in [-0.3, -0.25) is 0 Å². The van der Waals surface area contributed by atoms with Gasteiger partial charge < -0.3 is 9.47 Å². The molecule has 0 fully saturated rings. The second-order valence-electron chi connectivity index (χ2n) is 32.3. The molecule has 6 nitrogen and oxygen atoms in total. The van der Waals surface area contributed by atoms with E-state index in [9.17, 15) is 20.1 Å². The Morgan fingerprint density at radius 1 is 0.265 bits per heavy atom. The summed E-state index contributed by atoms with van der Waals surface area (Å²) in [5.74, 6) is -1.02. The summed E-state index contributed by atoms with van der Waals surface area (Å²) in [7, 11) is 0. The van der Waals surface area contributed by atoms with Crippen molar-refractivity contribution in [2.45, 2.75) is 402 Å². The minimum Gasteiger partial charge on any atom is -0.462 e. The van der Waals surface area contributed by atoms with Crippen LogP contribution in [0.25, 0.3) is 70.7 Å². The standard InChI is InChI=1S/C100H146N2O4S7/c1-9-17-25-33-41-49-57-77-67-85(69-83(75-101)99(103)105-65-55-47-39-31-23-15-7)107-95(77)89-73-81(61-53-45-37-29-21-13-5)97(112-89)91-71-79(59-51-43-35-27-19-11-3)93(110-91)87-63-64-88(109-87)94-80(60-52-44-36-28-20-12-4)72-92(111-94)98-82(62-54-46-38-30-22-14-6)74-90(113-98)96-78(58-50-42-34-26-18-10-2)68-86(108-96)70-84(76-102)100(104)106-66-56-48-40-32-24-16-8/h63-64,67-74H,9-62,65-66H2,1-8H3/b83-69+,84-70+. The minimum atomic E-state index is -0.509. The molecule has 0 N–H and O–H groups in total. The van der Waals surface area contributed by atoms with Gasteiger partial charge in [0.15, 0.2) is 0 Å². The van der Waals surface area contributed by atoms with Crippen molar-refractivity contribution in [3.8, 4) is 70.7 Å². The van der Waals surface area contributed by atoms with E-state index in [1.807, 2.05) is 68.8 Å². The van der Waals surface area contributed by atoms with E-state index in [-0.39, 0.29) is 11.1 Å². The molecule has 0 amide bonds. The summed E-state index contributed by atoms with van der Waals surface area (Å²) in [6, 6.07) is 24.4. The number of carbonyl (C=O) groups excluding carboxylic acids is 2. The summed E-state index contributed by atoms with van der Waals surface area (Å²) in [6.07, 6.45) is 68.1. The number of nitrogens with zero attached hydrogens (tertiary/aromatic N) is 2. The molecular weight excluding hydrogens is 1520 g/mol. The molecule has 0 aliphatic carbocycles. The van der Waals surface area contributed by atoms with Gasteiger partial charge in [0.05, 0.1) is 13.2 Å². The quantitative estimate of drug-likeness (QED) is 0.0163. The van der Waals surface area contributed by atoms with Crippen molar-refractivity contribution in [1.82, 2.24) is 0 Å². The van der Waals surface area contributed by atoms with Crippen molar-refractivity contribution < 1.29 is 19.1 Å². The van der Waals surface area contributed by atoms with E-state index in [4.69, 9.17) is 9.47 Å². The number of hydrogen-bond acceptors (Lipinski definition) is 13. The van der Waals surface area contributed by atoms with Gasteiger partial charge in [0, 0.05) is 68.3 Å². The Morgan fingerprint density at radius 2 is 0.469 bits per heavy atom. The average Bonchev–Trinajstić information content (AvgIpc) is 1.62. The van der Waals surface area contributed by atoms with Crippen molar-refractivity contribution in [1.29, 1.82) is 10.5 Å². The molecule has 7 heterocycles. The van der Waals surface area contributed by atoms with Crippen LogP contribution >= 0.6 is 79.4 Å². The van der Waals surface area contributed by atoms with Gasteiger partial charge in [-0.25, -0.2) is 9.59 Å². The van der Waals surface area contributed by atoms with E-state index >= 15 is 0 Å². The molecule has 0 unspecified atom stereocenters. The number of aryl methyl sites for hydroxylation is 6. The van der Waals surface area contributed by atoms with E-state index in [0.717, 1.165) is 99.6 Å². The average molecular weight is 1660 g/mol. The van der Waals surface area contributed by atoms with E-state index in [2.05, 4.69) is 116 Å². The van der Waals surface area contributed by atoms with Crippen molar-refractivity contribution in [2.75, 3.05) is 13.2 Å². The Kier molecular flexibility index (Phi) is 49.2. The van der Waals surface area contributed by atoms with Crippen LogP contribution in [0.15, 0.2) is 59.7 Å². The normalized spacial score (nSPS) is 11.9. The number of unbranched alkanes of at least 4 members (excludes halogenated alkanes) is 40. The zero-order chi connectivity index (χ0) is 80.3. The lowest BCUT2D eigenvalue weighted by molar-refractivity contribution is -0.139. The highest BCUT2D eigenvalue weighted by atomic mass is 32.1. The topological polar surface area (TPSA) is 100 Å². The molecule has 0 saturated carbocycles. The second-order valence-corrected chi connectivity index (χ2v) is 39.7. The van der Waals surface area contributed by atoms with Crippen molar-refractivity contribution in [3.05, 3.63) is 103 Å². The highest BCUT2D eigenvalue weighted by Gasteiger charge is 2.26. The van der Waals surface area contributed by atoms with E-state index < -0.39 is 11.9 Å². The van der Waals surface area contributed by atoms with Gasteiger partial charge in [-0.2, -0.15) is 10.5 Å². The van der Waals surface area contributed by atoms with E-state index in [0.29, 0.717) is 13.2 Å². The van der Waals surface area contributed by atoms with Gasteiger partial charge in [0.1, 0.15) is 23.3 Å². The molecule has 7 aromatic rings. The molecule has 13 heteroatoms. The van der Waals surface area contributed by atoms with Crippen LogP contribution in [0.1, 0.15) is 407 Å². The van der Waals surface area contributed by atoms with E-state index in [1.54, 1.807) is 22.7 Å². The number of esters is 2. The van der Waals surface area contributed by atoms with Crippen LogP contribution in [-0.4, -0.2) is 25.2 Å². The third kappa shape index (κ3) is 34.3. The van der Waals surface area contributed by atoms with Crippen LogP contribution in [0.3, 0.4) is 0 Å². The molecule has 0 aliphatic rings. The lowest BCUT2D eigenvalue weighted by Crippen LogP contribution is -2.07. The van der Waals surface area contributed by atoms with Crippen LogP contribution < -0.4 is 0 Å². The molecule has 0 spiro atoms. The molecule has 7 rings (SSSR count). The largest absolute Gasteiger partial charge is 0.462 e. The maximum absolute atomic E-state index is 13.6. The summed E-state index contributed by atoms with van der Waals surface area (Å²) in [6.45, 7) is 19.0. The lowest BCUT2D eigenvalue weighted by Gasteiger charge is -2.04. The number of hydrogen-bond donors (Lipinski definition) is 0. The first kappa shape index (κ1) is 95.4. The van der Waals surface area contributed by atoms with Gasteiger partial charge >= 0.3 is 11.9 Å². The van der Waals surface area contributed by atoms with Gasteiger partial charge in [-0.15, -0.1) is 79.4 Å². The fourth-order valence-corrected chi connectivity index (χ4v) is 24.5. The molecule has 0 bridgehead atoms. The number of carbonyl (C=O) groups is 2. The molecule has 0 aliphatic heterocycles. The maximum Gasteiger partial charge on any atom is 0.348 e. The molecule has 0 atom stereocenters. The predicted molar refractivity (Wildman–Crippen MR) is 503 cm³/mol. The van der Waals surface area contributed by atoms with Crippen molar-refractivity contribution >= 4 is 103 Å². The molecule has 622 valence electrons. The highest BCUT2D eigenvalue weighted by molar-refractivity contribution is 7.31. The molecule has 7 aromatic heterocycles. The van der Waals surface area contributed by atoms with Gasteiger partial charge in [-0.05, 0) is 184 Å². The summed E-state index contributed by atoms with van der Waals surface area (Å²) in [4.78, 5) is 45.5. The van der Waals surface area contributed by atoms with Gasteiger partial charge in [0.2, 0.25) is 0 Å². The third-order valence-corrected chi connectivity index (χ3v) is 31.5. The summed E-state index contributed by atoms with van der Waals surface area (Å²) in [5.41, 5.74) is 8.76. The Balaban J connectivity index is 1.32. The third-order valence-electron chi connectivity index (χ3n) is 22.4. The first-order chi connectivity index (χ1) is 55.5. The van der Waals surface area contributed by atoms with Crippen LogP contribution in [0.2, 0.25) is 0 Å². The summed E-state index contributed by atoms with van der Waals surface area (Å²) >= 11 is 13.6. The first-order valence-corrected chi connectivity index (χ1v) is 51.7. The Labute approximate surface area is 715 Å². The Bertz CT molecular complexity index is 3660. The minimum absolute atomic E-state index is 0.0867. The fourth-order valence-electron chi connectivity index (χ4n) is 15.5. The SMILES string of the molecule is CCCCCCCCOC(=O)/C(C#N)=C/c1cc(CCCCCCCC)c(-c2cc(CCCCCCCC)c(-c3cc(CCCCCCCC)c(-c4ccc(-c5sc(-c6sc(-c7sc(/C=C(\C#N)C(=O)OCCCCCCCC)cc7CCCCCCCC)cc6CCCCCCCC)cc5CCCCCCCC)s4)s3)s2)s1. The van der Waals surface area contributed by atoms with Crippen LogP contribution in [0.5, 0.6) is 0 Å².